The largest absolute Gasteiger partial charge is 0.469 e. The minimum atomic E-state index is 0.286. The minimum Gasteiger partial charge on any atom is -0.469 e. The normalized spacial score (nSPS) is 12.4. The quantitative estimate of drug-likeness (QED) is 0.932. The molecule has 0 aliphatic carbocycles. The summed E-state index contributed by atoms with van der Waals surface area (Å²) in [6.07, 6.45) is 4.37. The van der Waals surface area contributed by atoms with E-state index in [1.807, 2.05) is 31.3 Å². The predicted molar refractivity (Wildman–Crippen MR) is 72.2 cm³/mol. The molecule has 0 amide bonds. The second kappa shape index (κ2) is 5.36. The lowest BCUT2D eigenvalue weighted by atomic mass is 10.2. The van der Waals surface area contributed by atoms with E-state index >= 15 is 0 Å². The first-order chi connectivity index (χ1) is 8.15. The summed E-state index contributed by atoms with van der Waals surface area (Å²) in [6, 6.07) is 6.21. The van der Waals surface area contributed by atoms with Crippen LogP contribution < -0.4 is 5.32 Å². The molecular weight excluding hydrogens is 280 g/mol. The average Bonchev–Trinajstić information content (AvgIpc) is 2.76. The van der Waals surface area contributed by atoms with Gasteiger partial charge in [-0.05, 0) is 53.5 Å². The van der Waals surface area contributed by atoms with Crippen molar-refractivity contribution in [3.8, 4) is 0 Å². The van der Waals surface area contributed by atoms with Gasteiger partial charge in [0.2, 0.25) is 0 Å². The van der Waals surface area contributed by atoms with E-state index in [1.54, 1.807) is 6.26 Å². The van der Waals surface area contributed by atoms with Gasteiger partial charge in [0.1, 0.15) is 11.6 Å². The van der Waals surface area contributed by atoms with Crippen molar-refractivity contribution in [1.29, 1.82) is 0 Å². The second-order valence-electron chi connectivity index (χ2n) is 4.15. The topological polar surface area (TPSA) is 38.1 Å². The number of hydrogen-bond acceptors (Lipinski definition) is 3. The molecule has 0 aliphatic rings. The molecule has 0 saturated heterocycles. The van der Waals surface area contributed by atoms with Crippen LogP contribution in [0.4, 0.5) is 5.82 Å². The number of aryl methyl sites for hydroxylation is 1. The summed E-state index contributed by atoms with van der Waals surface area (Å²) >= 11 is 3.44. The van der Waals surface area contributed by atoms with E-state index in [0.717, 1.165) is 22.5 Å². The van der Waals surface area contributed by atoms with Crippen molar-refractivity contribution in [2.75, 3.05) is 5.32 Å². The first-order valence-electron chi connectivity index (χ1n) is 5.56. The molecule has 0 spiro atoms. The van der Waals surface area contributed by atoms with Crippen LogP contribution in [0.5, 0.6) is 0 Å². The van der Waals surface area contributed by atoms with Crippen LogP contribution in [0.3, 0.4) is 0 Å². The number of hydrogen-bond donors (Lipinski definition) is 1. The van der Waals surface area contributed by atoms with Crippen LogP contribution in [0, 0.1) is 6.92 Å². The van der Waals surface area contributed by atoms with Gasteiger partial charge < -0.3 is 9.73 Å². The van der Waals surface area contributed by atoms with Crippen molar-refractivity contribution in [2.45, 2.75) is 26.3 Å². The predicted octanol–water partition coefficient (Wildman–Crippen LogP) is 3.79. The van der Waals surface area contributed by atoms with E-state index in [0.29, 0.717) is 0 Å². The van der Waals surface area contributed by atoms with Gasteiger partial charge in [-0.2, -0.15) is 0 Å². The van der Waals surface area contributed by atoms with Gasteiger partial charge in [0.15, 0.2) is 0 Å². The van der Waals surface area contributed by atoms with Crippen LogP contribution in [-0.2, 0) is 6.42 Å². The monoisotopic (exact) mass is 294 g/mol. The highest BCUT2D eigenvalue weighted by atomic mass is 79.9. The summed E-state index contributed by atoms with van der Waals surface area (Å²) in [4.78, 5) is 4.32. The van der Waals surface area contributed by atoms with Crippen LogP contribution in [0.2, 0.25) is 0 Å². The Morgan fingerprint density at radius 2 is 2.35 bits per heavy atom. The maximum atomic E-state index is 5.32. The van der Waals surface area contributed by atoms with Gasteiger partial charge >= 0.3 is 0 Å². The lowest BCUT2D eigenvalue weighted by molar-refractivity contribution is 0.497. The SMILES string of the molecule is Cc1cc(NC(C)Cc2ccco2)ncc1Br. The van der Waals surface area contributed by atoms with E-state index in [4.69, 9.17) is 4.42 Å². The number of pyridine rings is 1. The smallest absolute Gasteiger partial charge is 0.126 e. The van der Waals surface area contributed by atoms with E-state index in [2.05, 4.69) is 33.2 Å². The van der Waals surface area contributed by atoms with Crippen molar-refractivity contribution >= 4 is 21.7 Å². The Bertz CT molecular complexity index is 482. The number of anilines is 1. The molecule has 4 heteroatoms. The molecule has 0 bridgehead atoms. The summed E-state index contributed by atoms with van der Waals surface area (Å²) in [5.41, 5.74) is 1.17. The van der Waals surface area contributed by atoms with Crippen LogP contribution in [0.15, 0.2) is 39.5 Å². The molecule has 1 atom stereocenters. The van der Waals surface area contributed by atoms with Crippen molar-refractivity contribution in [2.24, 2.45) is 0 Å². The molecule has 0 aromatic carbocycles. The molecular formula is C13H15BrN2O. The Balaban J connectivity index is 1.98. The summed E-state index contributed by atoms with van der Waals surface area (Å²) in [7, 11) is 0. The lowest BCUT2D eigenvalue weighted by Gasteiger charge is -2.13. The molecule has 90 valence electrons. The molecule has 1 N–H and O–H groups in total. The zero-order valence-corrected chi connectivity index (χ0v) is 11.5. The van der Waals surface area contributed by atoms with Crippen molar-refractivity contribution in [1.82, 2.24) is 4.98 Å². The maximum Gasteiger partial charge on any atom is 0.126 e. The molecule has 2 aromatic rings. The Kier molecular flexibility index (Phi) is 3.84. The highest BCUT2D eigenvalue weighted by Gasteiger charge is 2.07. The highest BCUT2D eigenvalue weighted by molar-refractivity contribution is 9.10. The Hall–Kier alpha value is -1.29. The van der Waals surface area contributed by atoms with Crippen LogP contribution in [-0.4, -0.2) is 11.0 Å². The Morgan fingerprint density at radius 3 is 3.00 bits per heavy atom. The molecule has 0 aliphatic heterocycles. The third-order valence-electron chi connectivity index (χ3n) is 2.53. The number of furan rings is 1. The summed E-state index contributed by atoms with van der Waals surface area (Å²) in [5, 5.41) is 3.36. The van der Waals surface area contributed by atoms with Gasteiger partial charge in [-0.15, -0.1) is 0 Å². The van der Waals surface area contributed by atoms with Gasteiger partial charge in [-0.25, -0.2) is 4.98 Å². The van der Waals surface area contributed by atoms with E-state index in [1.165, 1.54) is 5.56 Å². The third-order valence-corrected chi connectivity index (χ3v) is 3.36. The van der Waals surface area contributed by atoms with E-state index in [9.17, 15) is 0 Å². The molecule has 2 heterocycles. The number of nitrogens with one attached hydrogen (secondary N) is 1. The standard InChI is InChI=1S/C13H15BrN2O/c1-9-6-13(15-8-12(9)14)16-10(2)7-11-4-3-5-17-11/h3-6,8,10H,7H2,1-2H3,(H,15,16). The van der Waals surface area contributed by atoms with Gasteiger partial charge in [0.05, 0.1) is 6.26 Å². The third kappa shape index (κ3) is 3.33. The molecule has 3 nitrogen and oxygen atoms in total. The number of rotatable bonds is 4. The summed E-state index contributed by atoms with van der Waals surface area (Å²) in [5.74, 6) is 1.88. The van der Waals surface area contributed by atoms with Gasteiger partial charge in [-0.1, -0.05) is 0 Å². The highest BCUT2D eigenvalue weighted by Crippen LogP contribution is 2.18. The molecule has 0 saturated carbocycles. The van der Waals surface area contributed by atoms with E-state index in [-0.39, 0.29) is 6.04 Å². The fourth-order valence-electron chi connectivity index (χ4n) is 1.65. The number of nitrogens with zero attached hydrogens (tertiary/aromatic N) is 1. The average molecular weight is 295 g/mol. The number of aromatic nitrogens is 1. The van der Waals surface area contributed by atoms with Crippen molar-refractivity contribution in [3.05, 3.63) is 46.5 Å². The zero-order valence-electron chi connectivity index (χ0n) is 9.90. The minimum absolute atomic E-state index is 0.286. The maximum absolute atomic E-state index is 5.32. The Labute approximate surface area is 109 Å². The van der Waals surface area contributed by atoms with Gasteiger partial charge in [0.25, 0.3) is 0 Å². The molecule has 0 radical (unpaired) electrons. The fraction of sp³-hybridized carbons (Fsp3) is 0.308. The Morgan fingerprint density at radius 1 is 1.53 bits per heavy atom. The first-order valence-corrected chi connectivity index (χ1v) is 6.35. The zero-order chi connectivity index (χ0) is 12.3. The van der Waals surface area contributed by atoms with Gasteiger partial charge in [0, 0.05) is 23.1 Å². The molecule has 17 heavy (non-hydrogen) atoms. The second-order valence-corrected chi connectivity index (χ2v) is 5.00. The molecule has 2 rings (SSSR count). The molecule has 1 unspecified atom stereocenters. The first kappa shape index (κ1) is 12.2. The van der Waals surface area contributed by atoms with Crippen LogP contribution in [0.25, 0.3) is 0 Å². The van der Waals surface area contributed by atoms with E-state index < -0.39 is 0 Å². The number of halogens is 1. The van der Waals surface area contributed by atoms with Crippen molar-refractivity contribution in [3.63, 3.8) is 0 Å². The molecule has 2 aromatic heterocycles. The fourth-order valence-corrected chi connectivity index (χ4v) is 1.87. The lowest BCUT2D eigenvalue weighted by Crippen LogP contribution is -2.18. The van der Waals surface area contributed by atoms with Gasteiger partial charge in [-0.3, -0.25) is 0 Å². The van der Waals surface area contributed by atoms with Crippen LogP contribution in [0.1, 0.15) is 18.2 Å². The summed E-state index contributed by atoms with van der Waals surface area (Å²) in [6.45, 7) is 4.16. The molecule has 0 fully saturated rings. The van der Waals surface area contributed by atoms with Crippen molar-refractivity contribution < 1.29 is 4.42 Å². The van der Waals surface area contributed by atoms with Crippen LogP contribution >= 0.6 is 15.9 Å². The summed E-state index contributed by atoms with van der Waals surface area (Å²) < 4.78 is 6.35.